The summed E-state index contributed by atoms with van der Waals surface area (Å²) >= 11 is 9.76. The smallest absolute Gasteiger partial charge is 0.253 e. The highest BCUT2D eigenvalue weighted by atomic mass is 35.5. The first-order valence-corrected chi connectivity index (χ1v) is 14.1. The molecule has 0 aliphatic carbocycles. The molecule has 0 bridgehead atoms. The summed E-state index contributed by atoms with van der Waals surface area (Å²) in [6.07, 6.45) is 1.95. The van der Waals surface area contributed by atoms with Crippen LogP contribution in [0.3, 0.4) is 0 Å². The molecule has 7 nitrogen and oxygen atoms in total. The minimum absolute atomic E-state index is 0.148. The minimum atomic E-state index is -3.80. The number of anilines is 1. The minimum Gasteiger partial charge on any atom is -0.301 e. The van der Waals surface area contributed by atoms with Gasteiger partial charge in [0.1, 0.15) is 21.0 Å². The van der Waals surface area contributed by atoms with Crippen LogP contribution in [0.5, 0.6) is 0 Å². The zero-order valence-electron chi connectivity index (χ0n) is 16.5. The van der Waals surface area contributed by atoms with E-state index < -0.39 is 16.1 Å². The number of fused-ring (bicyclic) bond motifs is 1. The molecule has 4 heterocycles. The first-order chi connectivity index (χ1) is 15.4. The highest BCUT2D eigenvalue weighted by molar-refractivity contribution is 7.91. The number of hydrogen-bond acceptors (Lipinski definition) is 8. The molecule has 32 heavy (non-hydrogen) atoms. The molecule has 3 aromatic heterocycles. The number of carbonyl (C=O) groups excluding carboxylic acids is 1. The van der Waals surface area contributed by atoms with Crippen molar-refractivity contribution < 1.29 is 13.2 Å². The number of nitrogens with one attached hydrogen (secondary N) is 1. The van der Waals surface area contributed by atoms with Crippen LogP contribution in [-0.4, -0.2) is 41.2 Å². The number of rotatable bonds is 5. The van der Waals surface area contributed by atoms with Crippen molar-refractivity contribution in [1.82, 2.24) is 14.3 Å². The molecule has 1 unspecified atom stereocenters. The van der Waals surface area contributed by atoms with Crippen molar-refractivity contribution in [3.05, 3.63) is 46.1 Å². The standard InChI is InChI=1S/C20H17ClN4O3S4/c21-16-8-9-17(31-16)32(27,28)25-10-4-3-6-14(25)18(26)24-20-23-13(11-29-20)19-22-12-5-1-2-7-15(12)30-19/h1-2,5,7-9,11,14H,3-4,6,10H2,(H,23,24,26). The number of para-hydroxylation sites is 1. The fraction of sp³-hybridized carbons (Fsp3) is 0.250. The monoisotopic (exact) mass is 524 g/mol. The van der Waals surface area contributed by atoms with Gasteiger partial charge in [-0.05, 0) is 37.1 Å². The van der Waals surface area contributed by atoms with Gasteiger partial charge >= 0.3 is 0 Å². The molecule has 1 amide bonds. The van der Waals surface area contributed by atoms with Gasteiger partial charge in [-0.25, -0.2) is 18.4 Å². The van der Waals surface area contributed by atoms with Crippen molar-refractivity contribution in [2.75, 3.05) is 11.9 Å². The van der Waals surface area contributed by atoms with Gasteiger partial charge < -0.3 is 5.32 Å². The van der Waals surface area contributed by atoms with E-state index in [9.17, 15) is 13.2 Å². The van der Waals surface area contributed by atoms with Crippen molar-refractivity contribution in [2.24, 2.45) is 0 Å². The topological polar surface area (TPSA) is 92.3 Å². The lowest BCUT2D eigenvalue weighted by atomic mass is 10.0. The predicted octanol–water partition coefficient (Wildman–Crippen LogP) is 5.32. The lowest BCUT2D eigenvalue weighted by Crippen LogP contribution is -2.49. The maximum absolute atomic E-state index is 13.1. The molecule has 1 aromatic carbocycles. The zero-order chi connectivity index (χ0) is 22.3. The number of carbonyl (C=O) groups is 1. The quantitative estimate of drug-likeness (QED) is 0.381. The maximum Gasteiger partial charge on any atom is 0.253 e. The molecule has 1 atom stereocenters. The molecule has 0 saturated carbocycles. The van der Waals surface area contributed by atoms with E-state index in [2.05, 4.69) is 15.3 Å². The van der Waals surface area contributed by atoms with Gasteiger partial charge in [0.25, 0.3) is 10.0 Å². The number of aromatic nitrogens is 2. The van der Waals surface area contributed by atoms with Crippen LogP contribution >= 0.6 is 45.6 Å². The molecule has 1 aliphatic heterocycles. The average Bonchev–Trinajstić information content (AvgIpc) is 3.53. The first-order valence-electron chi connectivity index (χ1n) is 9.81. The molecule has 1 fully saturated rings. The van der Waals surface area contributed by atoms with Crippen LogP contribution in [0.4, 0.5) is 5.13 Å². The first kappa shape index (κ1) is 21.9. The summed E-state index contributed by atoms with van der Waals surface area (Å²) in [6, 6.07) is 10.1. The van der Waals surface area contributed by atoms with Gasteiger partial charge in [0, 0.05) is 11.9 Å². The van der Waals surface area contributed by atoms with Crippen molar-refractivity contribution in [3.63, 3.8) is 0 Å². The second-order valence-electron chi connectivity index (χ2n) is 7.20. The third kappa shape index (κ3) is 4.20. The SMILES string of the molecule is O=C(Nc1nc(-c2nc3ccccc3s2)cs1)C1CCCCN1S(=O)(=O)c1ccc(Cl)s1. The third-order valence-corrected chi connectivity index (χ3v) is 10.5. The molecule has 166 valence electrons. The third-order valence-electron chi connectivity index (χ3n) is 5.12. The summed E-state index contributed by atoms with van der Waals surface area (Å²) in [6.45, 7) is 0.296. The number of thiophene rings is 1. The van der Waals surface area contributed by atoms with Gasteiger partial charge in [-0.2, -0.15) is 4.31 Å². The van der Waals surface area contributed by atoms with Crippen LogP contribution in [0.1, 0.15) is 19.3 Å². The maximum atomic E-state index is 13.1. The Morgan fingerprint density at radius 2 is 1.97 bits per heavy atom. The summed E-state index contributed by atoms with van der Waals surface area (Å²) in [5, 5.41) is 5.85. The number of amides is 1. The Hall–Kier alpha value is -1.89. The Morgan fingerprint density at radius 1 is 1.12 bits per heavy atom. The van der Waals surface area contributed by atoms with Crippen molar-refractivity contribution >= 4 is 76.9 Å². The average molecular weight is 525 g/mol. The summed E-state index contributed by atoms with van der Waals surface area (Å²) in [5.74, 6) is -0.374. The second-order valence-corrected chi connectivity index (χ2v) is 12.9. The number of piperidine rings is 1. The number of benzene rings is 1. The van der Waals surface area contributed by atoms with Crippen molar-refractivity contribution in [3.8, 4) is 10.7 Å². The van der Waals surface area contributed by atoms with Gasteiger partial charge in [-0.1, -0.05) is 30.2 Å². The fourth-order valence-electron chi connectivity index (χ4n) is 3.61. The van der Waals surface area contributed by atoms with Crippen LogP contribution in [0.25, 0.3) is 20.9 Å². The highest BCUT2D eigenvalue weighted by Gasteiger charge is 2.38. The van der Waals surface area contributed by atoms with Crippen LogP contribution in [0.15, 0.2) is 46.0 Å². The molecule has 12 heteroatoms. The Morgan fingerprint density at radius 3 is 2.75 bits per heavy atom. The molecular weight excluding hydrogens is 508 g/mol. The number of halogens is 1. The van der Waals surface area contributed by atoms with E-state index >= 15 is 0 Å². The van der Waals surface area contributed by atoms with Crippen molar-refractivity contribution in [2.45, 2.75) is 29.5 Å². The Labute approximate surface area is 201 Å². The summed E-state index contributed by atoms with van der Waals surface area (Å²) < 4.78 is 29.1. The summed E-state index contributed by atoms with van der Waals surface area (Å²) in [4.78, 5) is 22.2. The van der Waals surface area contributed by atoms with E-state index in [1.54, 1.807) is 6.07 Å². The van der Waals surface area contributed by atoms with Crippen LogP contribution in [0, 0.1) is 0 Å². The molecule has 1 aliphatic rings. The van der Waals surface area contributed by atoms with E-state index in [0.717, 1.165) is 33.0 Å². The summed E-state index contributed by atoms with van der Waals surface area (Å²) in [5.41, 5.74) is 1.59. The fourth-order valence-corrected chi connectivity index (χ4v) is 8.57. The molecule has 0 radical (unpaired) electrons. The number of thiazole rings is 2. The summed E-state index contributed by atoms with van der Waals surface area (Å²) in [7, 11) is -3.80. The van der Waals surface area contributed by atoms with E-state index in [1.807, 2.05) is 29.6 Å². The normalized spacial score (nSPS) is 17.6. The second kappa shape index (κ2) is 8.81. The van der Waals surface area contributed by atoms with Gasteiger partial charge in [0.05, 0.1) is 14.6 Å². The lowest BCUT2D eigenvalue weighted by molar-refractivity contribution is -0.120. The van der Waals surface area contributed by atoms with Crippen LogP contribution < -0.4 is 5.32 Å². The lowest BCUT2D eigenvalue weighted by Gasteiger charge is -2.32. The van der Waals surface area contributed by atoms with E-state index in [0.29, 0.717) is 34.5 Å². The van der Waals surface area contributed by atoms with Crippen molar-refractivity contribution in [1.29, 1.82) is 0 Å². The number of hydrogen-bond donors (Lipinski definition) is 1. The molecular formula is C20H17ClN4O3S4. The number of sulfonamides is 1. The number of nitrogens with zero attached hydrogens (tertiary/aromatic N) is 3. The predicted molar refractivity (Wildman–Crippen MR) is 130 cm³/mol. The molecule has 1 saturated heterocycles. The zero-order valence-corrected chi connectivity index (χ0v) is 20.5. The Kier molecular flexibility index (Phi) is 6.03. The van der Waals surface area contributed by atoms with E-state index in [-0.39, 0.29) is 10.1 Å². The van der Waals surface area contributed by atoms with Gasteiger partial charge in [-0.3, -0.25) is 4.79 Å². The largest absolute Gasteiger partial charge is 0.301 e. The molecule has 0 spiro atoms. The highest BCUT2D eigenvalue weighted by Crippen LogP contribution is 2.34. The van der Waals surface area contributed by atoms with Gasteiger partial charge in [0.15, 0.2) is 5.13 Å². The molecule has 1 N–H and O–H groups in total. The Balaban J connectivity index is 1.35. The van der Waals surface area contributed by atoms with E-state index in [1.165, 1.54) is 33.0 Å². The van der Waals surface area contributed by atoms with Gasteiger partial charge in [0.2, 0.25) is 5.91 Å². The van der Waals surface area contributed by atoms with Gasteiger partial charge in [-0.15, -0.1) is 34.0 Å². The van der Waals surface area contributed by atoms with Crippen LogP contribution in [-0.2, 0) is 14.8 Å². The Bertz CT molecular complexity index is 1360. The molecule has 5 rings (SSSR count). The van der Waals surface area contributed by atoms with E-state index in [4.69, 9.17) is 11.6 Å². The van der Waals surface area contributed by atoms with Crippen LogP contribution in [0.2, 0.25) is 4.34 Å². The molecule has 4 aromatic rings.